The standard InChI is InChI=1S/C16H20N2O3/c1-2-21-16(20)10-5-12-3-6-14(7-4-12)18-15(19)11-17-13-8-9-13/h3-7,10,13,17H,2,8-9,11H2,1H3,(H,18,19). The monoisotopic (exact) mass is 288 g/mol. The molecule has 1 aromatic rings. The quantitative estimate of drug-likeness (QED) is 0.594. The van der Waals surface area contributed by atoms with Crippen LogP contribution in [0.25, 0.3) is 6.08 Å². The third-order valence-electron chi connectivity index (χ3n) is 3.02. The Bertz CT molecular complexity index is 519. The summed E-state index contributed by atoms with van der Waals surface area (Å²) in [4.78, 5) is 22.9. The van der Waals surface area contributed by atoms with Crippen molar-refractivity contribution in [3.8, 4) is 0 Å². The molecule has 0 aromatic heterocycles. The smallest absolute Gasteiger partial charge is 0.330 e. The minimum absolute atomic E-state index is 0.0447. The van der Waals surface area contributed by atoms with Crippen molar-refractivity contribution in [3.63, 3.8) is 0 Å². The van der Waals surface area contributed by atoms with Gasteiger partial charge in [0.25, 0.3) is 0 Å². The second-order valence-corrected chi connectivity index (χ2v) is 4.91. The number of benzene rings is 1. The number of ether oxygens (including phenoxy) is 1. The van der Waals surface area contributed by atoms with Gasteiger partial charge in [-0.2, -0.15) is 0 Å². The highest BCUT2D eigenvalue weighted by Gasteiger charge is 2.20. The van der Waals surface area contributed by atoms with Crippen LogP contribution in [0.1, 0.15) is 25.3 Å². The summed E-state index contributed by atoms with van der Waals surface area (Å²) in [6.07, 6.45) is 5.39. The third-order valence-corrected chi connectivity index (χ3v) is 3.02. The molecular formula is C16H20N2O3. The lowest BCUT2D eigenvalue weighted by Crippen LogP contribution is -2.29. The Kier molecular flexibility index (Phi) is 5.51. The molecule has 0 atom stereocenters. The zero-order valence-electron chi connectivity index (χ0n) is 12.1. The summed E-state index contributed by atoms with van der Waals surface area (Å²) >= 11 is 0. The number of carbonyl (C=O) groups is 2. The van der Waals surface area contributed by atoms with E-state index in [-0.39, 0.29) is 11.9 Å². The van der Waals surface area contributed by atoms with Gasteiger partial charge < -0.3 is 15.4 Å². The first-order chi connectivity index (χ1) is 10.2. The number of anilines is 1. The first kappa shape index (κ1) is 15.3. The summed E-state index contributed by atoms with van der Waals surface area (Å²) in [5, 5.41) is 5.98. The van der Waals surface area contributed by atoms with Crippen molar-refractivity contribution in [1.29, 1.82) is 0 Å². The van der Waals surface area contributed by atoms with Crippen molar-refractivity contribution in [2.45, 2.75) is 25.8 Å². The maximum atomic E-state index is 11.7. The number of nitrogens with one attached hydrogen (secondary N) is 2. The van der Waals surface area contributed by atoms with E-state index in [1.807, 2.05) is 12.1 Å². The number of carbonyl (C=O) groups excluding carboxylic acids is 2. The van der Waals surface area contributed by atoms with Crippen LogP contribution in [0.3, 0.4) is 0 Å². The Hall–Kier alpha value is -2.14. The van der Waals surface area contributed by atoms with Crippen LogP contribution < -0.4 is 10.6 Å². The van der Waals surface area contributed by atoms with Crippen molar-refractivity contribution in [1.82, 2.24) is 5.32 Å². The van der Waals surface area contributed by atoms with Crippen LogP contribution >= 0.6 is 0 Å². The zero-order valence-corrected chi connectivity index (χ0v) is 12.1. The van der Waals surface area contributed by atoms with E-state index in [9.17, 15) is 9.59 Å². The second-order valence-electron chi connectivity index (χ2n) is 4.91. The molecule has 0 heterocycles. The second kappa shape index (κ2) is 7.59. The van der Waals surface area contributed by atoms with E-state index < -0.39 is 0 Å². The Balaban J connectivity index is 1.80. The maximum Gasteiger partial charge on any atom is 0.330 e. The van der Waals surface area contributed by atoms with Gasteiger partial charge in [0.15, 0.2) is 0 Å². The van der Waals surface area contributed by atoms with Crippen LogP contribution in [-0.4, -0.2) is 31.1 Å². The third kappa shape index (κ3) is 5.79. The number of amides is 1. The molecule has 1 saturated carbocycles. The van der Waals surface area contributed by atoms with E-state index in [0.717, 1.165) is 24.1 Å². The molecule has 0 saturated heterocycles. The lowest BCUT2D eigenvalue weighted by Gasteiger charge is -2.06. The number of hydrogen-bond acceptors (Lipinski definition) is 4. The first-order valence-electron chi connectivity index (χ1n) is 7.15. The average molecular weight is 288 g/mol. The molecule has 2 N–H and O–H groups in total. The molecule has 5 heteroatoms. The molecule has 1 amide bonds. The number of hydrogen-bond donors (Lipinski definition) is 2. The Morgan fingerprint density at radius 2 is 2.00 bits per heavy atom. The van der Waals surface area contributed by atoms with E-state index in [0.29, 0.717) is 19.2 Å². The average Bonchev–Trinajstić information content (AvgIpc) is 3.29. The van der Waals surface area contributed by atoms with Gasteiger partial charge in [-0.3, -0.25) is 4.79 Å². The lowest BCUT2D eigenvalue weighted by molar-refractivity contribution is -0.137. The van der Waals surface area contributed by atoms with E-state index in [2.05, 4.69) is 10.6 Å². The van der Waals surface area contributed by atoms with Gasteiger partial charge in [0, 0.05) is 17.8 Å². The minimum Gasteiger partial charge on any atom is -0.463 e. The molecule has 1 aliphatic rings. The fourth-order valence-electron chi connectivity index (χ4n) is 1.76. The molecule has 0 spiro atoms. The molecule has 0 aliphatic heterocycles. The van der Waals surface area contributed by atoms with Gasteiger partial charge in [-0.1, -0.05) is 12.1 Å². The van der Waals surface area contributed by atoms with Gasteiger partial charge in [-0.15, -0.1) is 0 Å². The largest absolute Gasteiger partial charge is 0.463 e. The molecule has 21 heavy (non-hydrogen) atoms. The minimum atomic E-state index is -0.360. The van der Waals surface area contributed by atoms with E-state index in [1.165, 1.54) is 6.08 Å². The molecular weight excluding hydrogens is 268 g/mol. The predicted molar refractivity (Wildman–Crippen MR) is 81.8 cm³/mol. The van der Waals surface area contributed by atoms with Crippen molar-refractivity contribution in [3.05, 3.63) is 35.9 Å². The van der Waals surface area contributed by atoms with Gasteiger partial charge in [-0.25, -0.2) is 4.79 Å². The number of rotatable bonds is 7. The van der Waals surface area contributed by atoms with Crippen LogP contribution in [0.15, 0.2) is 30.3 Å². The van der Waals surface area contributed by atoms with Gasteiger partial charge in [0.1, 0.15) is 0 Å². The summed E-state index contributed by atoms with van der Waals surface area (Å²) < 4.78 is 4.80. The van der Waals surface area contributed by atoms with Gasteiger partial charge in [-0.05, 0) is 43.5 Å². The maximum absolute atomic E-state index is 11.7. The van der Waals surface area contributed by atoms with Gasteiger partial charge >= 0.3 is 5.97 Å². The number of esters is 1. The highest BCUT2D eigenvalue weighted by atomic mass is 16.5. The Labute approximate surface area is 124 Å². The molecule has 112 valence electrons. The van der Waals surface area contributed by atoms with E-state index in [1.54, 1.807) is 25.1 Å². The van der Waals surface area contributed by atoms with Gasteiger partial charge in [0.2, 0.25) is 5.91 Å². The fourth-order valence-corrected chi connectivity index (χ4v) is 1.76. The molecule has 1 aromatic carbocycles. The van der Waals surface area contributed by atoms with Crippen LogP contribution in [0.4, 0.5) is 5.69 Å². The molecule has 0 radical (unpaired) electrons. The fraction of sp³-hybridized carbons (Fsp3) is 0.375. The van der Waals surface area contributed by atoms with Crippen LogP contribution in [0.5, 0.6) is 0 Å². The van der Waals surface area contributed by atoms with E-state index >= 15 is 0 Å². The summed E-state index contributed by atoms with van der Waals surface area (Å²) in [6, 6.07) is 7.80. The SMILES string of the molecule is CCOC(=O)C=Cc1ccc(NC(=O)CNC2CC2)cc1. The summed E-state index contributed by atoms with van der Waals surface area (Å²) in [5.41, 5.74) is 1.61. The molecule has 5 nitrogen and oxygen atoms in total. The Morgan fingerprint density at radius 1 is 1.29 bits per heavy atom. The predicted octanol–water partition coefficient (Wildman–Crippen LogP) is 1.95. The van der Waals surface area contributed by atoms with Crippen LogP contribution in [0, 0.1) is 0 Å². The van der Waals surface area contributed by atoms with Crippen molar-refractivity contribution in [2.24, 2.45) is 0 Å². The van der Waals surface area contributed by atoms with Crippen molar-refractivity contribution in [2.75, 3.05) is 18.5 Å². The summed E-state index contributed by atoms with van der Waals surface area (Å²) in [7, 11) is 0. The van der Waals surface area contributed by atoms with Crippen molar-refractivity contribution < 1.29 is 14.3 Å². The molecule has 0 bridgehead atoms. The molecule has 1 aliphatic carbocycles. The first-order valence-corrected chi connectivity index (χ1v) is 7.15. The zero-order chi connectivity index (χ0) is 15.1. The molecule has 1 fully saturated rings. The van der Waals surface area contributed by atoms with Crippen LogP contribution in [0.2, 0.25) is 0 Å². The highest BCUT2D eigenvalue weighted by Crippen LogP contribution is 2.18. The molecule has 0 unspecified atom stereocenters. The summed E-state index contributed by atoms with van der Waals surface area (Å²) in [5.74, 6) is -0.405. The van der Waals surface area contributed by atoms with Crippen molar-refractivity contribution >= 4 is 23.6 Å². The normalized spacial score (nSPS) is 14.1. The highest BCUT2D eigenvalue weighted by molar-refractivity contribution is 5.92. The molecule has 2 rings (SSSR count). The van der Waals surface area contributed by atoms with Gasteiger partial charge in [0.05, 0.1) is 13.2 Å². The topological polar surface area (TPSA) is 67.4 Å². The Morgan fingerprint density at radius 3 is 2.62 bits per heavy atom. The lowest BCUT2D eigenvalue weighted by atomic mass is 10.2. The van der Waals surface area contributed by atoms with Crippen LogP contribution in [-0.2, 0) is 14.3 Å². The van der Waals surface area contributed by atoms with E-state index in [4.69, 9.17) is 4.74 Å². The summed E-state index contributed by atoms with van der Waals surface area (Å²) in [6.45, 7) is 2.47.